The number of hydrogen-bond donors (Lipinski definition) is 1. The van der Waals surface area contributed by atoms with E-state index >= 15 is 0 Å². The predicted octanol–water partition coefficient (Wildman–Crippen LogP) is 3.25. The molecule has 6 nitrogen and oxygen atoms in total. The number of aromatic nitrogens is 4. The molecule has 0 radical (unpaired) electrons. The molecule has 0 amide bonds. The number of thiocarbonyl (C=S) groups is 1. The second kappa shape index (κ2) is 6.03. The van der Waals surface area contributed by atoms with Gasteiger partial charge in [0.05, 0.1) is 6.20 Å². The number of nitrogens with zero attached hydrogens (tertiary/aromatic N) is 5. The van der Waals surface area contributed by atoms with E-state index in [1.165, 1.54) is 12.8 Å². The third-order valence-corrected chi connectivity index (χ3v) is 5.27. The highest BCUT2D eigenvalue weighted by atomic mass is 32.1. The highest BCUT2D eigenvalue weighted by Gasteiger charge is 2.27. The molecule has 4 rings (SSSR count). The fourth-order valence-electron chi connectivity index (χ4n) is 2.37. The first-order valence-electron chi connectivity index (χ1n) is 7.70. The molecule has 3 aromatic heterocycles. The Labute approximate surface area is 149 Å². The summed E-state index contributed by atoms with van der Waals surface area (Å²) < 4.78 is 0. The second-order valence-electron chi connectivity index (χ2n) is 5.86. The van der Waals surface area contributed by atoms with Gasteiger partial charge in [-0.05, 0) is 44.1 Å². The number of pyridine rings is 1. The summed E-state index contributed by atoms with van der Waals surface area (Å²) in [5.74, 6) is 0.682. The fourth-order valence-corrected chi connectivity index (χ4v) is 3.37. The topological polar surface area (TPSA) is 66.8 Å². The van der Waals surface area contributed by atoms with Crippen molar-refractivity contribution in [3.8, 4) is 10.7 Å². The van der Waals surface area contributed by atoms with Crippen molar-refractivity contribution in [2.75, 3.05) is 12.4 Å². The van der Waals surface area contributed by atoms with E-state index < -0.39 is 0 Å². The molecule has 0 bridgehead atoms. The quantitative estimate of drug-likeness (QED) is 0.723. The van der Waals surface area contributed by atoms with E-state index in [2.05, 4.69) is 30.2 Å². The van der Waals surface area contributed by atoms with Gasteiger partial charge in [0.2, 0.25) is 0 Å². The Morgan fingerprint density at radius 3 is 2.83 bits per heavy atom. The number of anilines is 1. The Balaban J connectivity index is 1.62. The normalized spacial score (nSPS) is 13.9. The summed E-state index contributed by atoms with van der Waals surface area (Å²) in [6, 6.07) is 4.33. The van der Waals surface area contributed by atoms with Crippen LogP contribution in [0, 0.1) is 6.92 Å². The Kier molecular flexibility index (Phi) is 3.85. The van der Waals surface area contributed by atoms with E-state index in [0.29, 0.717) is 22.6 Å². The number of rotatable bonds is 3. The second-order valence-corrected chi connectivity index (χ2v) is 7.11. The Morgan fingerprint density at radius 1 is 1.29 bits per heavy atom. The van der Waals surface area contributed by atoms with Crippen LogP contribution < -0.4 is 5.32 Å². The molecule has 3 aromatic rings. The minimum atomic E-state index is 0.560. The predicted molar refractivity (Wildman–Crippen MR) is 100 cm³/mol. The van der Waals surface area contributed by atoms with Gasteiger partial charge in [0, 0.05) is 24.2 Å². The summed E-state index contributed by atoms with van der Waals surface area (Å²) in [4.78, 5) is 20.1. The molecule has 1 aliphatic carbocycles. The van der Waals surface area contributed by atoms with Gasteiger partial charge in [-0.2, -0.15) is 0 Å². The molecule has 0 spiro atoms. The number of hydrogen-bond acceptors (Lipinski definition) is 6. The minimum absolute atomic E-state index is 0.560. The summed E-state index contributed by atoms with van der Waals surface area (Å²) in [7, 11) is 2.01. The molecule has 0 unspecified atom stereocenters. The summed E-state index contributed by atoms with van der Waals surface area (Å²) in [6.45, 7) is 1.96. The maximum atomic E-state index is 5.43. The molecule has 0 saturated heterocycles. The van der Waals surface area contributed by atoms with Crippen molar-refractivity contribution in [1.29, 1.82) is 0 Å². The van der Waals surface area contributed by atoms with Crippen molar-refractivity contribution in [3.05, 3.63) is 29.4 Å². The van der Waals surface area contributed by atoms with Crippen molar-refractivity contribution in [3.63, 3.8) is 0 Å². The molecular weight excluding hydrogens is 340 g/mol. The molecule has 1 fully saturated rings. The van der Waals surface area contributed by atoms with Gasteiger partial charge in [-0.3, -0.25) is 4.98 Å². The van der Waals surface area contributed by atoms with Crippen molar-refractivity contribution in [2.24, 2.45) is 0 Å². The summed E-state index contributed by atoms with van der Waals surface area (Å²) in [5.41, 5.74) is 3.05. The smallest absolute Gasteiger partial charge is 0.180 e. The van der Waals surface area contributed by atoms with Gasteiger partial charge in [-0.25, -0.2) is 15.0 Å². The molecule has 122 valence electrons. The molecule has 1 saturated carbocycles. The SMILES string of the molecule is Cc1csc(-c2cnc3ccc(NC(=S)N(C)C4CC4)nc3n2)n1. The highest BCUT2D eigenvalue weighted by Crippen LogP contribution is 2.26. The van der Waals surface area contributed by atoms with Crippen LogP contribution >= 0.6 is 23.6 Å². The third-order valence-electron chi connectivity index (χ3n) is 3.89. The summed E-state index contributed by atoms with van der Waals surface area (Å²) in [5, 5.41) is 6.72. The lowest BCUT2D eigenvalue weighted by atomic mass is 10.3. The average molecular weight is 356 g/mol. The van der Waals surface area contributed by atoms with Crippen LogP contribution in [-0.4, -0.2) is 43.0 Å². The van der Waals surface area contributed by atoms with Gasteiger partial charge in [-0.1, -0.05) is 0 Å². The molecule has 0 atom stereocenters. The third kappa shape index (κ3) is 3.07. The maximum absolute atomic E-state index is 5.43. The summed E-state index contributed by atoms with van der Waals surface area (Å²) >= 11 is 6.99. The van der Waals surface area contributed by atoms with E-state index in [4.69, 9.17) is 12.2 Å². The molecule has 0 aromatic carbocycles. The molecular formula is C16H16N6S2. The number of fused-ring (bicyclic) bond motifs is 1. The van der Waals surface area contributed by atoms with Gasteiger partial charge in [0.25, 0.3) is 0 Å². The maximum Gasteiger partial charge on any atom is 0.180 e. The fraction of sp³-hybridized carbons (Fsp3) is 0.312. The Hall–Kier alpha value is -2.19. The van der Waals surface area contributed by atoms with E-state index in [0.717, 1.165) is 21.9 Å². The van der Waals surface area contributed by atoms with Gasteiger partial charge < -0.3 is 10.2 Å². The summed E-state index contributed by atoms with van der Waals surface area (Å²) in [6.07, 6.45) is 4.14. The zero-order valence-corrected chi connectivity index (χ0v) is 15.0. The van der Waals surface area contributed by atoms with Gasteiger partial charge >= 0.3 is 0 Å². The van der Waals surface area contributed by atoms with Crippen LogP contribution in [0.2, 0.25) is 0 Å². The molecule has 24 heavy (non-hydrogen) atoms. The zero-order chi connectivity index (χ0) is 16.7. The van der Waals surface area contributed by atoms with Crippen LogP contribution in [0.4, 0.5) is 5.82 Å². The van der Waals surface area contributed by atoms with Crippen LogP contribution in [0.5, 0.6) is 0 Å². The minimum Gasteiger partial charge on any atom is -0.349 e. The molecule has 3 heterocycles. The van der Waals surface area contributed by atoms with Crippen LogP contribution in [0.3, 0.4) is 0 Å². The largest absolute Gasteiger partial charge is 0.349 e. The first kappa shape index (κ1) is 15.3. The monoisotopic (exact) mass is 356 g/mol. The number of thiazole rings is 1. The lowest BCUT2D eigenvalue weighted by Gasteiger charge is -2.19. The van der Waals surface area contributed by atoms with Gasteiger partial charge in [0.15, 0.2) is 10.8 Å². The molecule has 1 N–H and O–H groups in total. The Morgan fingerprint density at radius 2 is 2.12 bits per heavy atom. The molecule has 8 heteroatoms. The van der Waals surface area contributed by atoms with Crippen molar-refractivity contribution < 1.29 is 0 Å². The van der Waals surface area contributed by atoms with Crippen LogP contribution in [0.1, 0.15) is 18.5 Å². The van der Waals surface area contributed by atoms with E-state index in [9.17, 15) is 0 Å². The van der Waals surface area contributed by atoms with Crippen molar-refractivity contribution >= 4 is 45.6 Å². The lowest BCUT2D eigenvalue weighted by molar-refractivity contribution is 0.503. The Bertz CT molecular complexity index is 918. The number of nitrogens with one attached hydrogen (secondary N) is 1. The molecule has 1 aliphatic rings. The first-order chi connectivity index (χ1) is 11.6. The highest BCUT2D eigenvalue weighted by molar-refractivity contribution is 7.80. The standard InChI is InChI=1S/C16H16N6S2/c1-9-8-24-15(18-9)12-7-17-11-5-6-13(20-14(11)19-12)21-16(23)22(2)10-3-4-10/h5-8,10H,3-4H2,1-2H3,(H,19,20,21,23). The van der Waals surface area contributed by atoms with Gasteiger partial charge in [-0.15, -0.1) is 11.3 Å². The molecule has 0 aliphatic heterocycles. The van der Waals surface area contributed by atoms with E-state index in [-0.39, 0.29) is 0 Å². The average Bonchev–Trinajstić information content (AvgIpc) is 3.34. The van der Waals surface area contributed by atoms with Crippen LogP contribution in [-0.2, 0) is 0 Å². The van der Waals surface area contributed by atoms with Crippen molar-refractivity contribution in [1.82, 2.24) is 24.8 Å². The number of aryl methyl sites for hydroxylation is 1. The lowest BCUT2D eigenvalue weighted by Crippen LogP contribution is -2.33. The van der Waals surface area contributed by atoms with Crippen LogP contribution in [0.15, 0.2) is 23.7 Å². The van der Waals surface area contributed by atoms with E-state index in [1.807, 2.05) is 31.5 Å². The van der Waals surface area contributed by atoms with Crippen LogP contribution in [0.25, 0.3) is 21.9 Å². The van der Waals surface area contributed by atoms with E-state index in [1.54, 1.807) is 17.5 Å². The van der Waals surface area contributed by atoms with Crippen molar-refractivity contribution in [2.45, 2.75) is 25.8 Å². The zero-order valence-electron chi connectivity index (χ0n) is 13.4. The first-order valence-corrected chi connectivity index (χ1v) is 8.99. The van der Waals surface area contributed by atoms with Gasteiger partial charge in [0.1, 0.15) is 22.0 Å².